The van der Waals surface area contributed by atoms with Crippen LogP contribution in [0.5, 0.6) is 5.75 Å². The lowest BCUT2D eigenvalue weighted by atomic mass is 10.1. The van der Waals surface area contributed by atoms with Crippen molar-refractivity contribution in [1.29, 1.82) is 0 Å². The Kier molecular flexibility index (Phi) is 1.98. The molecule has 0 aliphatic carbocycles. The fourth-order valence-corrected chi connectivity index (χ4v) is 1.79. The molecule has 0 amide bonds. The van der Waals surface area contributed by atoms with E-state index in [9.17, 15) is 5.11 Å². The standard InChI is InChI=1S/C12H10N4O/c13-10-5-9-12(15-6-14-9)11(16-10)7-1-3-8(17)4-2-7/h1-6,17H,(H2,13,16)(H,14,15). The summed E-state index contributed by atoms with van der Waals surface area (Å²) in [5.41, 5.74) is 8.94. The molecule has 0 saturated heterocycles. The monoisotopic (exact) mass is 226 g/mol. The molecule has 0 atom stereocenters. The first kappa shape index (κ1) is 9.65. The van der Waals surface area contributed by atoms with Gasteiger partial charge in [-0.3, -0.25) is 0 Å². The van der Waals surface area contributed by atoms with Gasteiger partial charge >= 0.3 is 0 Å². The van der Waals surface area contributed by atoms with Crippen LogP contribution in [0.25, 0.3) is 22.3 Å². The minimum Gasteiger partial charge on any atom is -0.508 e. The number of pyridine rings is 1. The number of H-pyrrole nitrogens is 1. The molecule has 0 aliphatic rings. The number of hydrogen-bond donors (Lipinski definition) is 3. The van der Waals surface area contributed by atoms with Crippen molar-refractivity contribution < 1.29 is 5.11 Å². The molecule has 0 spiro atoms. The molecular weight excluding hydrogens is 216 g/mol. The van der Waals surface area contributed by atoms with Crippen molar-refractivity contribution in [2.75, 3.05) is 5.73 Å². The first-order valence-electron chi connectivity index (χ1n) is 5.13. The summed E-state index contributed by atoms with van der Waals surface area (Å²) in [6, 6.07) is 8.53. The number of hydrogen-bond acceptors (Lipinski definition) is 4. The van der Waals surface area contributed by atoms with Crippen LogP contribution in [0, 0.1) is 0 Å². The van der Waals surface area contributed by atoms with Gasteiger partial charge in [-0.05, 0) is 24.3 Å². The highest BCUT2D eigenvalue weighted by atomic mass is 16.3. The largest absolute Gasteiger partial charge is 0.508 e. The summed E-state index contributed by atoms with van der Waals surface area (Å²) in [7, 11) is 0. The zero-order valence-corrected chi connectivity index (χ0v) is 8.88. The van der Waals surface area contributed by atoms with Crippen LogP contribution in [-0.4, -0.2) is 20.1 Å². The highest BCUT2D eigenvalue weighted by molar-refractivity contribution is 5.90. The van der Waals surface area contributed by atoms with Crippen LogP contribution >= 0.6 is 0 Å². The maximum Gasteiger partial charge on any atom is 0.126 e. The fourth-order valence-electron chi connectivity index (χ4n) is 1.79. The highest BCUT2D eigenvalue weighted by Crippen LogP contribution is 2.27. The van der Waals surface area contributed by atoms with Gasteiger partial charge in [-0.25, -0.2) is 9.97 Å². The number of phenols is 1. The van der Waals surface area contributed by atoms with Crippen LogP contribution in [0.3, 0.4) is 0 Å². The van der Waals surface area contributed by atoms with Crippen molar-refractivity contribution in [2.24, 2.45) is 0 Å². The van der Waals surface area contributed by atoms with Crippen molar-refractivity contribution >= 4 is 16.9 Å². The first-order valence-corrected chi connectivity index (χ1v) is 5.13. The molecule has 2 aromatic heterocycles. The van der Waals surface area contributed by atoms with Gasteiger partial charge < -0.3 is 15.8 Å². The number of rotatable bonds is 1. The third kappa shape index (κ3) is 1.57. The van der Waals surface area contributed by atoms with Gasteiger partial charge in [-0.2, -0.15) is 0 Å². The number of imidazole rings is 1. The normalized spacial score (nSPS) is 10.8. The van der Waals surface area contributed by atoms with Crippen molar-refractivity contribution in [3.8, 4) is 17.0 Å². The number of nitrogens with two attached hydrogens (primary N) is 1. The number of nitrogen functional groups attached to an aromatic ring is 1. The second-order valence-corrected chi connectivity index (χ2v) is 3.74. The van der Waals surface area contributed by atoms with Crippen LogP contribution in [0.4, 0.5) is 5.82 Å². The summed E-state index contributed by atoms with van der Waals surface area (Å²) in [6.45, 7) is 0. The van der Waals surface area contributed by atoms with Gasteiger partial charge in [0.1, 0.15) is 22.8 Å². The molecule has 3 rings (SSSR count). The van der Waals surface area contributed by atoms with E-state index in [0.717, 1.165) is 16.6 Å². The summed E-state index contributed by atoms with van der Waals surface area (Å²) < 4.78 is 0. The molecule has 84 valence electrons. The number of phenolic OH excluding ortho intramolecular Hbond substituents is 1. The topological polar surface area (TPSA) is 87.8 Å². The van der Waals surface area contributed by atoms with Crippen LogP contribution in [0.2, 0.25) is 0 Å². The molecule has 5 nitrogen and oxygen atoms in total. The van der Waals surface area contributed by atoms with Gasteiger partial charge in [-0.1, -0.05) is 0 Å². The lowest BCUT2D eigenvalue weighted by molar-refractivity contribution is 0.475. The smallest absolute Gasteiger partial charge is 0.126 e. The lowest BCUT2D eigenvalue weighted by Crippen LogP contribution is -1.93. The van der Waals surface area contributed by atoms with Gasteiger partial charge in [0.2, 0.25) is 0 Å². The predicted molar refractivity (Wildman–Crippen MR) is 65.4 cm³/mol. The Morgan fingerprint density at radius 3 is 2.71 bits per heavy atom. The maximum atomic E-state index is 9.26. The third-order valence-electron chi connectivity index (χ3n) is 2.57. The van der Waals surface area contributed by atoms with E-state index in [-0.39, 0.29) is 5.75 Å². The molecular formula is C12H10N4O. The minimum absolute atomic E-state index is 0.218. The molecule has 1 aromatic carbocycles. The average molecular weight is 226 g/mol. The molecule has 0 unspecified atom stereocenters. The second-order valence-electron chi connectivity index (χ2n) is 3.74. The van der Waals surface area contributed by atoms with Crippen LogP contribution in [0.1, 0.15) is 0 Å². The Labute approximate surface area is 97.0 Å². The van der Waals surface area contributed by atoms with Gasteiger partial charge in [0.25, 0.3) is 0 Å². The fraction of sp³-hybridized carbons (Fsp3) is 0. The summed E-state index contributed by atoms with van der Waals surface area (Å²) in [6.07, 6.45) is 1.61. The molecule has 0 radical (unpaired) electrons. The quantitative estimate of drug-likeness (QED) is 0.591. The SMILES string of the molecule is Nc1cc2[nH]cnc2c(-c2ccc(O)cc2)n1. The van der Waals surface area contributed by atoms with Crippen molar-refractivity contribution in [3.05, 3.63) is 36.7 Å². The minimum atomic E-state index is 0.218. The maximum absolute atomic E-state index is 9.26. The molecule has 0 saturated carbocycles. The van der Waals surface area contributed by atoms with E-state index in [0.29, 0.717) is 11.5 Å². The molecule has 0 aliphatic heterocycles. The van der Waals surface area contributed by atoms with E-state index in [1.807, 2.05) is 0 Å². The first-order chi connectivity index (χ1) is 8.24. The van der Waals surface area contributed by atoms with Crippen molar-refractivity contribution in [2.45, 2.75) is 0 Å². The Hall–Kier alpha value is -2.56. The number of fused-ring (bicyclic) bond motifs is 1. The highest BCUT2D eigenvalue weighted by Gasteiger charge is 2.09. The molecule has 5 heteroatoms. The molecule has 3 aromatic rings. The van der Waals surface area contributed by atoms with Gasteiger partial charge in [0.05, 0.1) is 11.8 Å². The number of benzene rings is 1. The zero-order valence-electron chi connectivity index (χ0n) is 8.88. The van der Waals surface area contributed by atoms with E-state index >= 15 is 0 Å². The van der Waals surface area contributed by atoms with Crippen LogP contribution < -0.4 is 5.73 Å². The Morgan fingerprint density at radius 2 is 1.94 bits per heavy atom. The molecule has 0 bridgehead atoms. The van der Waals surface area contributed by atoms with Gasteiger partial charge in [-0.15, -0.1) is 0 Å². The molecule has 17 heavy (non-hydrogen) atoms. The average Bonchev–Trinajstić information content (AvgIpc) is 2.77. The molecule has 4 N–H and O–H groups in total. The summed E-state index contributed by atoms with van der Waals surface area (Å²) >= 11 is 0. The van der Waals surface area contributed by atoms with Crippen LogP contribution in [-0.2, 0) is 0 Å². The summed E-state index contributed by atoms with van der Waals surface area (Å²) in [5.74, 6) is 0.653. The molecule has 2 heterocycles. The number of nitrogens with zero attached hydrogens (tertiary/aromatic N) is 2. The third-order valence-corrected chi connectivity index (χ3v) is 2.57. The van der Waals surface area contributed by atoms with Gasteiger partial charge in [0.15, 0.2) is 0 Å². The second kappa shape index (κ2) is 3.48. The van der Waals surface area contributed by atoms with Crippen molar-refractivity contribution in [3.63, 3.8) is 0 Å². The summed E-state index contributed by atoms with van der Waals surface area (Å²) in [4.78, 5) is 11.5. The van der Waals surface area contributed by atoms with Crippen molar-refractivity contribution in [1.82, 2.24) is 15.0 Å². The number of aromatic hydroxyl groups is 1. The zero-order chi connectivity index (χ0) is 11.8. The van der Waals surface area contributed by atoms with E-state index < -0.39 is 0 Å². The Balaban J connectivity index is 2.28. The number of aromatic amines is 1. The lowest BCUT2D eigenvalue weighted by Gasteiger charge is -2.03. The predicted octanol–water partition coefficient (Wildman–Crippen LogP) is 1.91. The summed E-state index contributed by atoms with van der Waals surface area (Å²) in [5, 5.41) is 9.26. The number of aromatic nitrogens is 3. The van der Waals surface area contributed by atoms with E-state index in [4.69, 9.17) is 5.73 Å². The van der Waals surface area contributed by atoms with E-state index in [2.05, 4.69) is 15.0 Å². The molecule has 0 fully saturated rings. The number of nitrogens with one attached hydrogen (secondary N) is 1. The van der Waals surface area contributed by atoms with Crippen LogP contribution in [0.15, 0.2) is 36.7 Å². The number of anilines is 1. The Morgan fingerprint density at radius 1 is 1.18 bits per heavy atom. The van der Waals surface area contributed by atoms with E-state index in [1.165, 1.54) is 0 Å². The Bertz CT molecular complexity index is 673. The van der Waals surface area contributed by atoms with E-state index in [1.54, 1.807) is 36.7 Å². The van der Waals surface area contributed by atoms with Gasteiger partial charge in [0, 0.05) is 11.6 Å².